The summed E-state index contributed by atoms with van der Waals surface area (Å²) in [5.41, 5.74) is 1.80. The van der Waals surface area contributed by atoms with E-state index in [2.05, 4.69) is 27.8 Å². The van der Waals surface area contributed by atoms with Crippen LogP contribution in [0.5, 0.6) is 5.75 Å². The standard InChI is InChI=1S/C42H45Cl2N3O7/c1-41(2,3)53-39(50)46-38(47-40(51)54-42(4,5)6)45-33-19-14-30(15-20-33)37(49)52-35-21-16-31(36(44)26-35)25-34(48)24-29(22-27-10-8-7-9-11-27)23-28-12-17-32(43)18-13-28/h7-21,26,29H,22-25H2,1-6H3,(H2,45,46,47,50,51)/t29-/m1/s1. The molecule has 0 bridgehead atoms. The van der Waals surface area contributed by atoms with Gasteiger partial charge in [0.15, 0.2) is 0 Å². The number of amides is 2. The van der Waals surface area contributed by atoms with Gasteiger partial charge in [0.2, 0.25) is 5.96 Å². The van der Waals surface area contributed by atoms with Crippen LogP contribution in [0.25, 0.3) is 0 Å². The molecule has 0 spiro atoms. The number of carbonyl (C=O) groups is 4. The first-order valence-electron chi connectivity index (χ1n) is 17.4. The van der Waals surface area contributed by atoms with Gasteiger partial charge in [-0.3, -0.25) is 15.4 Å². The van der Waals surface area contributed by atoms with Crippen LogP contribution in [-0.2, 0) is 33.5 Å². The molecule has 0 aliphatic carbocycles. The van der Waals surface area contributed by atoms with Gasteiger partial charge < -0.3 is 14.2 Å². The molecule has 1 atom stereocenters. The van der Waals surface area contributed by atoms with Crippen molar-refractivity contribution >= 4 is 58.8 Å². The summed E-state index contributed by atoms with van der Waals surface area (Å²) in [4.78, 5) is 55.5. The zero-order valence-corrected chi connectivity index (χ0v) is 32.7. The van der Waals surface area contributed by atoms with Gasteiger partial charge in [-0.2, -0.15) is 0 Å². The van der Waals surface area contributed by atoms with E-state index in [4.69, 9.17) is 37.4 Å². The number of halogens is 2. The number of hydrogen-bond donors (Lipinski definition) is 2. The Bertz CT molecular complexity index is 1920. The Balaban J connectivity index is 1.39. The molecule has 4 aromatic carbocycles. The molecule has 0 aromatic heterocycles. The maximum absolute atomic E-state index is 13.3. The predicted molar refractivity (Wildman–Crippen MR) is 211 cm³/mol. The highest BCUT2D eigenvalue weighted by atomic mass is 35.5. The third-order valence-corrected chi connectivity index (χ3v) is 8.13. The number of rotatable bonds is 11. The summed E-state index contributed by atoms with van der Waals surface area (Å²) >= 11 is 12.7. The van der Waals surface area contributed by atoms with Crippen molar-refractivity contribution in [2.75, 3.05) is 0 Å². The van der Waals surface area contributed by atoms with Gasteiger partial charge in [0.1, 0.15) is 22.7 Å². The number of nitrogens with one attached hydrogen (secondary N) is 2. The molecule has 2 N–H and O–H groups in total. The maximum Gasteiger partial charge on any atom is 0.414 e. The number of nitrogens with zero attached hydrogens (tertiary/aromatic N) is 1. The normalized spacial score (nSPS) is 11.9. The minimum absolute atomic E-state index is 0.0463. The van der Waals surface area contributed by atoms with Crippen molar-refractivity contribution in [1.82, 2.24) is 10.6 Å². The third-order valence-electron chi connectivity index (χ3n) is 7.53. The molecule has 0 aliphatic rings. The summed E-state index contributed by atoms with van der Waals surface area (Å²) in [5.74, 6) is -0.569. The van der Waals surface area contributed by atoms with Crippen molar-refractivity contribution in [3.05, 3.63) is 129 Å². The monoisotopic (exact) mass is 773 g/mol. The summed E-state index contributed by atoms with van der Waals surface area (Å²) in [5, 5.41) is 5.78. The summed E-state index contributed by atoms with van der Waals surface area (Å²) in [6.45, 7) is 10.2. The summed E-state index contributed by atoms with van der Waals surface area (Å²) in [6.07, 6.45) is 0.286. The lowest BCUT2D eigenvalue weighted by Gasteiger charge is -2.22. The number of aliphatic imine (C=N–C) groups is 1. The van der Waals surface area contributed by atoms with Crippen LogP contribution < -0.4 is 15.4 Å². The summed E-state index contributed by atoms with van der Waals surface area (Å²) in [6, 6.07) is 28.5. The largest absolute Gasteiger partial charge is 0.444 e. The maximum atomic E-state index is 13.3. The SMILES string of the molecule is CC(C)(C)OC(=O)NC(=Nc1ccc(C(=O)Oc2ccc(CC(=O)C[C@H](Cc3ccccc3)Cc3ccc(Cl)cc3)c(Cl)c2)cc1)NC(=O)OC(C)(C)C. The molecule has 12 heteroatoms. The average Bonchev–Trinajstić information content (AvgIpc) is 3.06. The van der Waals surface area contributed by atoms with Crippen molar-refractivity contribution in [3.63, 3.8) is 0 Å². The van der Waals surface area contributed by atoms with Gasteiger partial charge in [0.05, 0.1) is 11.3 Å². The molecule has 0 heterocycles. The molecule has 0 radical (unpaired) electrons. The lowest BCUT2D eigenvalue weighted by atomic mass is 9.87. The van der Waals surface area contributed by atoms with Crippen LogP contribution in [0.4, 0.5) is 15.3 Å². The smallest absolute Gasteiger partial charge is 0.414 e. The topological polar surface area (TPSA) is 132 Å². The molecule has 4 aromatic rings. The molecule has 0 saturated carbocycles. The first kappa shape index (κ1) is 41.6. The number of ketones is 1. The van der Waals surface area contributed by atoms with Crippen LogP contribution >= 0.6 is 23.2 Å². The van der Waals surface area contributed by atoms with Crippen molar-refractivity contribution in [1.29, 1.82) is 0 Å². The molecule has 0 unspecified atom stereocenters. The average molecular weight is 775 g/mol. The van der Waals surface area contributed by atoms with Crippen LogP contribution in [0.15, 0.2) is 102 Å². The number of benzene rings is 4. The fourth-order valence-corrected chi connectivity index (χ4v) is 5.68. The molecule has 0 saturated heterocycles. The van der Waals surface area contributed by atoms with Crippen molar-refractivity contribution < 1.29 is 33.4 Å². The van der Waals surface area contributed by atoms with Gasteiger partial charge in [-0.15, -0.1) is 0 Å². The van der Waals surface area contributed by atoms with E-state index in [9.17, 15) is 19.2 Å². The van der Waals surface area contributed by atoms with Crippen LogP contribution in [0, 0.1) is 5.92 Å². The number of ether oxygens (including phenoxy) is 3. The number of alkyl carbamates (subject to hydrolysis) is 2. The van der Waals surface area contributed by atoms with E-state index in [1.807, 2.05) is 42.5 Å². The molecular weight excluding hydrogens is 729 g/mol. The highest BCUT2D eigenvalue weighted by molar-refractivity contribution is 6.31. The number of hydrogen-bond acceptors (Lipinski definition) is 8. The number of esters is 1. The Labute approximate surface area is 326 Å². The predicted octanol–water partition coefficient (Wildman–Crippen LogP) is 9.85. The third kappa shape index (κ3) is 14.7. The molecule has 54 heavy (non-hydrogen) atoms. The Morgan fingerprint density at radius 3 is 1.80 bits per heavy atom. The summed E-state index contributed by atoms with van der Waals surface area (Å²) in [7, 11) is 0. The minimum atomic E-state index is -0.840. The summed E-state index contributed by atoms with van der Waals surface area (Å²) < 4.78 is 16.1. The fourth-order valence-electron chi connectivity index (χ4n) is 5.31. The molecule has 2 amide bonds. The van der Waals surface area contributed by atoms with Gasteiger partial charge in [0, 0.05) is 22.9 Å². The van der Waals surface area contributed by atoms with Gasteiger partial charge in [-0.05, 0) is 126 Å². The van der Waals surface area contributed by atoms with Gasteiger partial charge >= 0.3 is 18.2 Å². The van der Waals surface area contributed by atoms with Crippen LogP contribution in [-0.4, -0.2) is 41.1 Å². The van der Waals surface area contributed by atoms with E-state index in [-0.39, 0.29) is 35.4 Å². The second kappa shape index (κ2) is 18.7. The van der Waals surface area contributed by atoms with Gasteiger partial charge in [-0.1, -0.05) is 71.7 Å². The molecule has 0 aliphatic heterocycles. The van der Waals surface area contributed by atoms with E-state index in [0.29, 0.717) is 27.7 Å². The second-order valence-corrected chi connectivity index (χ2v) is 15.6. The Kier molecular flexibility index (Phi) is 14.4. The van der Waals surface area contributed by atoms with Gasteiger partial charge in [-0.25, -0.2) is 19.4 Å². The second-order valence-electron chi connectivity index (χ2n) is 14.7. The van der Waals surface area contributed by atoms with E-state index >= 15 is 0 Å². The lowest BCUT2D eigenvalue weighted by molar-refractivity contribution is -0.119. The van der Waals surface area contributed by atoms with E-state index in [1.165, 1.54) is 30.3 Å². The molecule has 4 rings (SSSR count). The van der Waals surface area contributed by atoms with Crippen molar-refractivity contribution in [2.24, 2.45) is 10.9 Å². The Hall–Kier alpha value is -5.19. The van der Waals surface area contributed by atoms with Crippen LogP contribution in [0.2, 0.25) is 10.0 Å². The van der Waals surface area contributed by atoms with Crippen molar-refractivity contribution in [3.8, 4) is 5.75 Å². The van der Waals surface area contributed by atoms with Crippen LogP contribution in [0.1, 0.15) is 75.0 Å². The quantitative estimate of drug-likeness (QED) is 0.0671. The zero-order chi connectivity index (χ0) is 39.5. The number of guanidine groups is 1. The van der Waals surface area contributed by atoms with E-state index in [1.54, 1.807) is 53.7 Å². The lowest BCUT2D eigenvalue weighted by Crippen LogP contribution is -2.47. The van der Waals surface area contributed by atoms with Crippen molar-refractivity contribution in [2.45, 2.75) is 78.4 Å². The first-order chi connectivity index (χ1) is 25.4. The molecule has 10 nitrogen and oxygen atoms in total. The zero-order valence-electron chi connectivity index (χ0n) is 31.2. The highest BCUT2D eigenvalue weighted by Crippen LogP contribution is 2.27. The highest BCUT2D eigenvalue weighted by Gasteiger charge is 2.22. The molecular formula is C42H45Cl2N3O7. The Morgan fingerprint density at radius 1 is 0.704 bits per heavy atom. The number of Topliss-reactive ketones (excluding diaryl/α,β-unsaturated/α-hetero) is 1. The molecule has 284 valence electrons. The van der Waals surface area contributed by atoms with Gasteiger partial charge in [0.25, 0.3) is 0 Å². The Morgan fingerprint density at radius 2 is 1.26 bits per heavy atom. The molecule has 0 fully saturated rings. The van der Waals surface area contributed by atoms with Crippen LogP contribution in [0.3, 0.4) is 0 Å². The first-order valence-corrected chi connectivity index (χ1v) is 18.2. The number of carbonyl (C=O) groups excluding carboxylic acids is 4. The van der Waals surface area contributed by atoms with E-state index in [0.717, 1.165) is 24.0 Å². The fraction of sp³-hybridized carbons (Fsp3) is 0.310. The van der Waals surface area contributed by atoms with E-state index < -0.39 is 29.4 Å². The minimum Gasteiger partial charge on any atom is -0.444 e.